The fraction of sp³-hybridized carbons (Fsp3) is 0.714. The Kier molecular flexibility index (Phi) is 5.14. The number of likely N-dealkylation sites (N-methyl/N-ethyl adjacent to an activating group) is 1. The average Bonchev–Trinajstić information content (AvgIpc) is 2.85. The second kappa shape index (κ2) is 6.85. The molecule has 0 aromatic carbocycles. The lowest BCUT2D eigenvalue weighted by Gasteiger charge is -2.36. The number of hydrogen-bond acceptors (Lipinski definition) is 5. The molecule has 6 nitrogen and oxygen atoms in total. The minimum atomic E-state index is -0.151. The Morgan fingerprint density at radius 3 is 2.75 bits per heavy atom. The number of piperazine rings is 1. The zero-order chi connectivity index (χ0) is 14.5. The van der Waals surface area contributed by atoms with Crippen molar-refractivity contribution in [2.45, 2.75) is 26.3 Å². The van der Waals surface area contributed by atoms with Gasteiger partial charge in [0.2, 0.25) is 0 Å². The van der Waals surface area contributed by atoms with E-state index in [1.165, 1.54) is 6.39 Å². The van der Waals surface area contributed by atoms with Crippen LogP contribution in [0.3, 0.4) is 0 Å². The topological polar surface area (TPSA) is 61.6 Å². The highest BCUT2D eigenvalue weighted by atomic mass is 16.3. The predicted octanol–water partition coefficient (Wildman–Crippen LogP) is 0.739. The summed E-state index contributed by atoms with van der Waals surface area (Å²) in [5, 5.41) is 2.91. The standard InChI is InChI=1S/C14H24N4O2/c1-11(18-8-6-17(3)7-9-18)4-5-15-14(19)13-12(2)20-10-16-13/h10-11H,4-9H2,1-3H3,(H,15,19)/t11-/m1/s1. The van der Waals surface area contributed by atoms with Crippen molar-refractivity contribution in [1.29, 1.82) is 0 Å². The lowest BCUT2D eigenvalue weighted by molar-refractivity contribution is 0.0929. The number of hydrogen-bond donors (Lipinski definition) is 1. The Bertz CT molecular complexity index is 438. The first-order valence-corrected chi connectivity index (χ1v) is 7.19. The summed E-state index contributed by atoms with van der Waals surface area (Å²) < 4.78 is 5.03. The number of aromatic nitrogens is 1. The molecule has 112 valence electrons. The number of carbonyl (C=O) groups is 1. The minimum Gasteiger partial charge on any atom is -0.448 e. The van der Waals surface area contributed by atoms with E-state index in [2.05, 4.69) is 34.1 Å². The van der Waals surface area contributed by atoms with Gasteiger partial charge in [0.1, 0.15) is 5.76 Å². The maximum atomic E-state index is 11.9. The predicted molar refractivity (Wildman–Crippen MR) is 76.7 cm³/mol. The average molecular weight is 280 g/mol. The molecule has 0 radical (unpaired) electrons. The third-order valence-electron chi connectivity index (χ3n) is 3.97. The van der Waals surface area contributed by atoms with Gasteiger partial charge in [-0.05, 0) is 27.3 Å². The Hall–Kier alpha value is -1.40. The van der Waals surface area contributed by atoms with Gasteiger partial charge in [0.15, 0.2) is 12.1 Å². The van der Waals surface area contributed by atoms with Crippen molar-refractivity contribution in [2.75, 3.05) is 39.8 Å². The van der Waals surface area contributed by atoms with E-state index in [1.54, 1.807) is 6.92 Å². The summed E-state index contributed by atoms with van der Waals surface area (Å²) in [6, 6.07) is 0.488. The first-order valence-electron chi connectivity index (χ1n) is 7.19. The van der Waals surface area contributed by atoms with Gasteiger partial charge in [-0.15, -0.1) is 0 Å². The molecule has 1 aromatic heterocycles. The summed E-state index contributed by atoms with van der Waals surface area (Å²) in [5.74, 6) is 0.413. The SMILES string of the molecule is Cc1ocnc1C(=O)NCC[C@@H](C)N1CCN(C)CC1. The molecule has 1 aliphatic rings. The smallest absolute Gasteiger partial charge is 0.273 e. The second-order valence-electron chi connectivity index (χ2n) is 5.49. The Labute approximate surface area is 120 Å². The second-order valence-corrected chi connectivity index (χ2v) is 5.49. The van der Waals surface area contributed by atoms with Crippen LogP contribution in [0.4, 0.5) is 0 Å². The van der Waals surface area contributed by atoms with E-state index in [0.29, 0.717) is 24.0 Å². The number of rotatable bonds is 5. The largest absolute Gasteiger partial charge is 0.448 e. The molecule has 6 heteroatoms. The van der Waals surface area contributed by atoms with Crippen LogP contribution in [0.25, 0.3) is 0 Å². The van der Waals surface area contributed by atoms with Crippen LogP contribution in [0, 0.1) is 6.92 Å². The fourth-order valence-corrected chi connectivity index (χ4v) is 2.45. The van der Waals surface area contributed by atoms with Gasteiger partial charge in [-0.2, -0.15) is 0 Å². The molecule has 1 aliphatic heterocycles. The zero-order valence-electron chi connectivity index (χ0n) is 12.6. The molecule has 1 aromatic rings. The quantitative estimate of drug-likeness (QED) is 0.862. The molecule has 1 fully saturated rings. The van der Waals surface area contributed by atoms with Crippen LogP contribution in [0.5, 0.6) is 0 Å². The van der Waals surface area contributed by atoms with Crippen LogP contribution < -0.4 is 5.32 Å². The molecule has 1 atom stereocenters. The van der Waals surface area contributed by atoms with Gasteiger partial charge in [-0.1, -0.05) is 0 Å². The molecule has 2 rings (SSSR count). The highest BCUT2D eigenvalue weighted by Gasteiger charge is 2.19. The molecule has 1 saturated heterocycles. The summed E-state index contributed by atoms with van der Waals surface area (Å²) in [5.41, 5.74) is 0.386. The van der Waals surface area contributed by atoms with E-state index in [-0.39, 0.29) is 5.91 Å². The molecule has 20 heavy (non-hydrogen) atoms. The van der Waals surface area contributed by atoms with Gasteiger partial charge in [0, 0.05) is 38.8 Å². The molecule has 0 spiro atoms. The van der Waals surface area contributed by atoms with Crippen molar-refractivity contribution in [3.8, 4) is 0 Å². The van der Waals surface area contributed by atoms with E-state index in [0.717, 1.165) is 32.6 Å². The highest BCUT2D eigenvalue weighted by molar-refractivity contribution is 5.92. The van der Waals surface area contributed by atoms with Crippen LogP contribution in [0.15, 0.2) is 10.8 Å². The maximum absolute atomic E-state index is 11.9. The van der Waals surface area contributed by atoms with Crippen molar-refractivity contribution in [3.05, 3.63) is 17.8 Å². The van der Waals surface area contributed by atoms with Crippen LogP contribution in [-0.2, 0) is 0 Å². The van der Waals surface area contributed by atoms with Crippen LogP contribution in [0.1, 0.15) is 29.6 Å². The van der Waals surface area contributed by atoms with Crippen molar-refractivity contribution in [1.82, 2.24) is 20.1 Å². The third kappa shape index (κ3) is 3.80. The molecule has 0 unspecified atom stereocenters. The van der Waals surface area contributed by atoms with Gasteiger partial charge >= 0.3 is 0 Å². The van der Waals surface area contributed by atoms with E-state index < -0.39 is 0 Å². The van der Waals surface area contributed by atoms with Gasteiger partial charge in [0.25, 0.3) is 5.91 Å². The van der Waals surface area contributed by atoms with Gasteiger partial charge in [0.05, 0.1) is 0 Å². The summed E-state index contributed by atoms with van der Waals surface area (Å²) >= 11 is 0. The van der Waals surface area contributed by atoms with Crippen LogP contribution in [-0.4, -0.2) is 66.5 Å². The van der Waals surface area contributed by atoms with Crippen molar-refractivity contribution in [3.63, 3.8) is 0 Å². The lowest BCUT2D eigenvalue weighted by atomic mass is 10.1. The van der Waals surface area contributed by atoms with Gasteiger partial charge < -0.3 is 14.6 Å². The monoisotopic (exact) mass is 280 g/mol. The third-order valence-corrected chi connectivity index (χ3v) is 3.97. The summed E-state index contributed by atoms with van der Waals surface area (Å²) in [6.45, 7) is 9.08. The first-order chi connectivity index (χ1) is 9.58. The molecule has 1 N–H and O–H groups in total. The number of oxazole rings is 1. The van der Waals surface area contributed by atoms with Crippen molar-refractivity contribution in [2.24, 2.45) is 0 Å². The van der Waals surface area contributed by atoms with Crippen molar-refractivity contribution < 1.29 is 9.21 Å². The van der Waals surface area contributed by atoms with Crippen molar-refractivity contribution >= 4 is 5.91 Å². The molecule has 0 aliphatic carbocycles. The van der Waals surface area contributed by atoms with E-state index in [4.69, 9.17) is 4.42 Å². The summed E-state index contributed by atoms with van der Waals surface area (Å²) in [4.78, 5) is 20.6. The number of aryl methyl sites for hydroxylation is 1. The van der Waals surface area contributed by atoms with E-state index >= 15 is 0 Å². The normalized spacial score (nSPS) is 18.9. The fourth-order valence-electron chi connectivity index (χ4n) is 2.45. The van der Waals surface area contributed by atoms with Gasteiger partial charge in [-0.3, -0.25) is 9.69 Å². The number of nitrogens with zero attached hydrogens (tertiary/aromatic N) is 3. The Morgan fingerprint density at radius 2 is 2.15 bits per heavy atom. The zero-order valence-corrected chi connectivity index (χ0v) is 12.6. The lowest BCUT2D eigenvalue weighted by Crippen LogP contribution is -2.48. The Balaban J connectivity index is 1.70. The van der Waals surface area contributed by atoms with E-state index in [1.807, 2.05) is 0 Å². The first kappa shape index (κ1) is 15.0. The maximum Gasteiger partial charge on any atom is 0.273 e. The minimum absolute atomic E-state index is 0.151. The summed E-state index contributed by atoms with van der Waals surface area (Å²) in [7, 11) is 2.16. The molecular weight excluding hydrogens is 256 g/mol. The Morgan fingerprint density at radius 1 is 1.45 bits per heavy atom. The van der Waals surface area contributed by atoms with Gasteiger partial charge in [-0.25, -0.2) is 4.98 Å². The number of nitrogens with one attached hydrogen (secondary N) is 1. The molecule has 1 amide bonds. The molecular formula is C14H24N4O2. The molecule has 2 heterocycles. The number of amides is 1. The molecule has 0 bridgehead atoms. The van der Waals surface area contributed by atoms with E-state index in [9.17, 15) is 4.79 Å². The van der Waals surface area contributed by atoms with Crippen LogP contribution >= 0.6 is 0 Å². The highest BCUT2D eigenvalue weighted by Crippen LogP contribution is 2.08. The summed E-state index contributed by atoms with van der Waals surface area (Å²) in [6.07, 6.45) is 2.25. The van der Waals surface area contributed by atoms with Crippen LogP contribution in [0.2, 0.25) is 0 Å². The number of carbonyl (C=O) groups excluding carboxylic acids is 1. The molecule has 0 saturated carbocycles.